The van der Waals surface area contributed by atoms with Crippen LogP contribution in [0.2, 0.25) is 0 Å². The molecule has 2 aromatic heterocycles. The monoisotopic (exact) mass is 310 g/mol. The summed E-state index contributed by atoms with van der Waals surface area (Å²) in [6, 6.07) is 1.39. The lowest BCUT2D eigenvalue weighted by atomic mass is 10.3. The SMILES string of the molecule is CC(NS(=O)(=O)c1cc(CO)n(C2CC2)c1)c1ncc[nH]1. The number of hydrogen-bond donors (Lipinski definition) is 3. The Morgan fingerprint density at radius 2 is 2.33 bits per heavy atom. The molecule has 0 amide bonds. The van der Waals surface area contributed by atoms with Crippen LogP contribution in [0.5, 0.6) is 0 Å². The van der Waals surface area contributed by atoms with Crippen LogP contribution in [0.1, 0.15) is 43.4 Å². The maximum atomic E-state index is 12.4. The molecule has 0 radical (unpaired) electrons. The summed E-state index contributed by atoms with van der Waals surface area (Å²) in [7, 11) is -3.64. The molecular formula is C13H18N4O3S. The largest absolute Gasteiger partial charge is 0.390 e. The molecule has 0 spiro atoms. The third-order valence-corrected chi connectivity index (χ3v) is 5.09. The Morgan fingerprint density at radius 1 is 1.57 bits per heavy atom. The molecule has 1 atom stereocenters. The zero-order valence-electron chi connectivity index (χ0n) is 11.7. The molecule has 114 valence electrons. The minimum atomic E-state index is -3.64. The van der Waals surface area contributed by atoms with Gasteiger partial charge in [-0.15, -0.1) is 0 Å². The first kappa shape index (κ1) is 14.3. The lowest BCUT2D eigenvalue weighted by Gasteiger charge is -2.10. The number of aliphatic hydroxyl groups is 1. The van der Waals surface area contributed by atoms with Crippen molar-refractivity contribution >= 4 is 10.0 Å². The first-order valence-electron chi connectivity index (χ1n) is 6.84. The van der Waals surface area contributed by atoms with Gasteiger partial charge in [0, 0.05) is 30.3 Å². The fraction of sp³-hybridized carbons (Fsp3) is 0.462. The highest BCUT2D eigenvalue weighted by Crippen LogP contribution is 2.37. The highest BCUT2D eigenvalue weighted by Gasteiger charge is 2.28. The number of aromatic amines is 1. The van der Waals surface area contributed by atoms with Crippen LogP contribution in [-0.2, 0) is 16.6 Å². The second kappa shape index (κ2) is 5.28. The number of H-pyrrole nitrogens is 1. The van der Waals surface area contributed by atoms with Crippen LogP contribution in [-0.4, -0.2) is 28.1 Å². The zero-order valence-corrected chi connectivity index (χ0v) is 12.5. The van der Waals surface area contributed by atoms with Crippen molar-refractivity contribution in [2.45, 2.75) is 43.4 Å². The van der Waals surface area contributed by atoms with E-state index in [9.17, 15) is 13.5 Å². The van der Waals surface area contributed by atoms with Crippen LogP contribution in [0, 0.1) is 0 Å². The molecule has 1 unspecified atom stereocenters. The summed E-state index contributed by atoms with van der Waals surface area (Å²) >= 11 is 0. The quantitative estimate of drug-likeness (QED) is 0.743. The van der Waals surface area contributed by atoms with Crippen molar-refractivity contribution in [3.05, 3.63) is 36.2 Å². The van der Waals surface area contributed by atoms with Crippen molar-refractivity contribution in [1.82, 2.24) is 19.3 Å². The average Bonchev–Trinajstić information content (AvgIpc) is 2.98. The van der Waals surface area contributed by atoms with Crippen molar-refractivity contribution in [3.8, 4) is 0 Å². The molecular weight excluding hydrogens is 292 g/mol. The van der Waals surface area contributed by atoms with E-state index in [2.05, 4.69) is 14.7 Å². The van der Waals surface area contributed by atoms with Gasteiger partial charge in [0.25, 0.3) is 0 Å². The second-order valence-corrected chi connectivity index (χ2v) is 7.00. The highest BCUT2D eigenvalue weighted by molar-refractivity contribution is 7.89. The van der Waals surface area contributed by atoms with Gasteiger partial charge in [0.1, 0.15) is 10.7 Å². The Labute approximate surface area is 123 Å². The molecule has 0 bridgehead atoms. The lowest BCUT2D eigenvalue weighted by molar-refractivity contribution is 0.270. The van der Waals surface area contributed by atoms with Crippen LogP contribution in [0.25, 0.3) is 0 Å². The number of rotatable bonds is 6. The fourth-order valence-electron chi connectivity index (χ4n) is 2.33. The number of imidazole rings is 1. The van der Waals surface area contributed by atoms with E-state index in [1.165, 1.54) is 6.07 Å². The lowest BCUT2D eigenvalue weighted by Crippen LogP contribution is -2.27. The number of nitrogens with one attached hydrogen (secondary N) is 2. The molecule has 7 nitrogen and oxygen atoms in total. The van der Waals surface area contributed by atoms with Gasteiger partial charge in [-0.05, 0) is 25.8 Å². The van der Waals surface area contributed by atoms with Crippen LogP contribution in [0.3, 0.4) is 0 Å². The maximum absolute atomic E-state index is 12.4. The van der Waals surface area contributed by atoms with Gasteiger partial charge < -0.3 is 14.7 Å². The van der Waals surface area contributed by atoms with E-state index < -0.39 is 16.1 Å². The summed E-state index contributed by atoms with van der Waals surface area (Å²) in [5, 5.41) is 9.36. The van der Waals surface area contributed by atoms with E-state index in [0.717, 1.165) is 12.8 Å². The van der Waals surface area contributed by atoms with Crippen molar-refractivity contribution in [2.75, 3.05) is 0 Å². The molecule has 1 fully saturated rings. The van der Waals surface area contributed by atoms with E-state index in [4.69, 9.17) is 0 Å². The molecule has 2 aromatic rings. The first-order chi connectivity index (χ1) is 10.0. The van der Waals surface area contributed by atoms with E-state index >= 15 is 0 Å². The maximum Gasteiger partial charge on any atom is 0.242 e. The zero-order chi connectivity index (χ0) is 15.0. The molecule has 3 N–H and O–H groups in total. The summed E-state index contributed by atoms with van der Waals surface area (Å²) in [6.07, 6.45) is 6.87. The molecule has 0 saturated heterocycles. The summed E-state index contributed by atoms with van der Waals surface area (Å²) in [5.74, 6) is 0.558. The molecule has 2 heterocycles. The summed E-state index contributed by atoms with van der Waals surface area (Å²) in [5.41, 5.74) is 0.628. The van der Waals surface area contributed by atoms with E-state index in [0.29, 0.717) is 17.6 Å². The van der Waals surface area contributed by atoms with E-state index in [-0.39, 0.29) is 11.5 Å². The van der Waals surface area contributed by atoms with Crippen LogP contribution in [0.15, 0.2) is 29.6 Å². The topological polar surface area (TPSA) is 100 Å². The van der Waals surface area contributed by atoms with Gasteiger partial charge in [0.15, 0.2) is 0 Å². The first-order valence-corrected chi connectivity index (χ1v) is 8.33. The number of aromatic nitrogens is 3. The fourth-order valence-corrected chi connectivity index (χ4v) is 3.59. The summed E-state index contributed by atoms with van der Waals surface area (Å²) in [6.45, 7) is 1.56. The number of hydrogen-bond acceptors (Lipinski definition) is 4. The van der Waals surface area contributed by atoms with Gasteiger partial charge in [0.2, 0.25) is 10.0 Å². The predicted molar refractivity (Wildman–Crippen MR) is 76.0 cm³/mol. The Bertz CT molecular complexity index is 717. The van der Waals surface area contributed by atoms with Crippen molar-refractivity contribution in [1.29, 1.82) is 0 Å². The number of sulfonamides is 1. The molecule has 1 aliphatic carbocycles. The third-order valence-electron chi connectivity index (χ3n) is 3.58. The Kier molecular flexibility index (Phi) is 3.60. The Morgan fingerprint density at radius 3 is 2.90 bits per heavy atom. The normalized spacial score (nSPS) is 17.0. The van der Waals surface area contributed by atoms with E-state index in [1.54, 1.807) is 25.5 Å². The Balaban J connectivity index is 1.84. The van der Waals surface area contributed by atoms with Gasteiger partial charge in [-0.3, -0.25) is 0 Å². The minimum Gasteiger partial charge on any atom is -0.390 e. The summed E-state index contributed by atoms with van der Waals surface area (Å²) < 4.78 is 29.3. The second-order valence-electron chi connectivity index (χ2n) is 5.28. The number of aliphatic hydroxyl groups excluding tert-OH is 1. The van der Waals surface area contributed by atoms with Crippen molar-refractivity contribution in [2.24, 2.45) is 0 Å². The predicted octanol–water partition coefficient (Wildman–Crippen LogP) is 1.08. The van der Waals surface area contributed by atoms with Gasteiger partial charge >= 0.3 is 0 Å². The molecule has 1 saturated carbocycles. The molecule has 8 heteroatoms. The third kappa shape index (κ3) is 2.87. The standard InChI is InChI=1S/C13H18N4O3S/c1-9(13-14-4-5-15-13)16-21(19,20)12-6-11(8-18)17(7-12)10-2-3-10/h4-7,9-10,16,18H,2-3,8H2,1H3,(H,14,15). The average molecular weight is 310 g/mol. The van der Waals surface area contributed by atoms with Crippen LogP contribution < -0.4 is 4.72 Å². The van der Waals surface area contributed by atoms with Gasteiger partial charge in [-0.25, -0.2) is 18.1 Å². The molecule has 0 aliphatic heterocycles. The molecule has 3 rings (SSSR count). The molecule has 21 heavy (non-hydrogen) atoms. The highest BCUT2D eigenvalue weighted by atomic mass is 32.2. The number of nitrogens with zero attached hydrogens (tertiary/aromatic N) is 2. The minimum absolute atomic E-state index is 0.167. The summed E-state index contributed by atoms with van der Waals surface area (Å²) in [4.78, 5) is 7.10. The van der Waals surface area contributed by atoms with Gasteiger partial charge in [0.05, 0.1) is 12.6 Å². The van der Waals surface area contributed by atoms with Gasteiger partial charge in [-0.2, -0.15) is 0 Å². The van der Waals surface area contributed by atoms with Crippen LogP contribution >= 0.6 is 0 Å². The van der Waals surface area contributed by atoms with Crippen molar-refractivity contribution in [3.63, 3.8) is 0 Å². The smallest absolute Gasteiger partial charge is 0.242 e. The molecule has 0 aromatic carbocycles. The Hall–Kier alpha value is -1.64. The van der Waals surface area contributed by atoms with Crippen LogP contribution in [0.4, 0.5) is 0 Å². The van der Waals surface area contributed by atoms with Gasteiger partial charge in [-0.1, -0.05) is 0 Å². The van der Waals surface area contributed by atoms with E-state index in [1.807, 2.05) is 4.57 Å². The molecule has 1 aliphatic rings. The van der Waals surface area contributed by atoms with Crippen molar-refractivity contribution < 1.29 is 13.5 Å².